The predicted octanol–water partition coefficient (Wildman–Crippen LogP) is 10.5. The second-order valence-electron chi connectivity index (χ2n) is 10.7. The zero-order chi connectivity index (χ0) is 25.9. The molecule has 186 valence electrons. The highest BCUT2D eigenvalue weighted by Crippen LogP contribution is 2.49. The van der Waals surface area contributed by atoms with Crippen molar-refractivity contribution in [2.75, 3.05) is 0 Å². The number of allylic oxidation sites excluding steroid dienone is 4. The molecule has 0 saturated heterocycles. The lowest BCUT2D eigenvalue weighted by Gasteiger charge is -2.24. The maximum atomic E-state index is 2.59. The van der Waals surface area contributed by atoms with E-state index in [4.69, 9.17) is 0 Å². The van der Waals surface area contributed by atoms with Crippen molar-refractivity contribution in [1.29, 1.82) is 0 Å². The summed E-state index contributed by atoms with van der Waals surface area (Å²) in [6.45, 7) is 0. The third-order valence-corrected chi connectivity index (χ3v) is 11.0. The molecule has 40 heavy (non-hydrogen) atoms. The molecule has 0 amide bonds. The SMILES string of the molecule is C1=CC2=[N+](c3cccc4c3sc3ccccc34)c3cccc4c5c6c(ccc5n(c34)C2C=C1)sc1ccccc16. The van der Waals surface area contributed by atoms with E-state index in [1.165, 1.54) is 79.2 Å². The Balaban J connectivity index is 1.39. The Hall–Kier alpha value is -4.51. The van der Waals surface area contributed by atoms with Crippen LogP contribution in [0.5, 0.6) is 0 Å². The van der Waals surface area contributed by atoms with Gasteiger partial charge in [-0.3, -0.25) is 0 Å². The van der Waals surface area contributed by atoms with Crippen LogP contribution < -0.4 is 4.58 Å². The molecule has 2 aliphatic rings. The first-order valence-corrected chi connectivity index (χ1v) is 15.3. The van der Waals surface area contributed by atoms with E-state index in [9.17, 15) is 0 Å². The minimum atomic E-state index is 0.117. The molecule has 3 aromatic heterocycles. The lowest BCUT2D eigenvalue weighted by Crippen LogP contribution is -2.30. The zero-order valence-electron chi connectivity index (χ0n) is 21.3. The number of nitrogens with zero attached hydrogens (tertiary/aromatic N) is 2. The highest BCUT2D eigenvalue weighted by molar-refractivity contribution is 7.26. The van der Waals surface area contributed by atoms with Gasteiger partial charge in [-0.1, -0.05) is 78.9 Å². The number of benzene rings is 5. The maximum absolute atomic E-state index is 2.59. The van der Waals surface area contributed by atoms with Crippen LogP contribution in [0.25, 0.3) is 62.2 Å². The topological polar surface area (TPSA) is 7.94 Å². The number of para-hydroxylation sites is 1. The van der Waals surface area contributed by atoms with Crippen LogP contribution in [-0.2, 0) is 0 Å². The maximum Gasteiger partial charge on any atom is 0.236 e. The van der Waals surface area contributed by atoms with Crippen LogP contribution in [0.4, 0.5) is 11.4 Å². The fraction of sp³-hybridized carbons (Fsp3) is 0.0278. The number of hydrogen-bond donors (Lipinski definition) is 0. The first-order valence-electron chi connectivity index (χ1n) is 13.7. The molecule has 1 atom stereocenters. The van der Waals surface area contributed by atoms with E-state index in [1.54, 1.807) is 0 Å². The predicted molar refractivity (Wildman–Crippen MR) is 175 cm³/mol. The van der Waals surface area contributed by atoms with Gasteiger partial charge < -0.3 is 4.57 Å². The molecular formula is C36H21N2S2+. The summed E-state index contributed by atoms with van der Waals surface area (Å²) in [5, 5.41) is 8.10. The van der Waals surface area contributed by atoms with Crippen LogP contribution in [-0.4, -0.2) is 10.3 Å². The number of aromatic nitrogens is 1. The number of fused-ring (bicyclic) bond motifs is 12. The van der Waals surface area contributed by atoms with Gasteiger partial charge >= 0.3 is 0 Å². The number of hydrogen-bond acceptors (Lipinski definition) is 2. The van der Waals surface area contributed by atoms with E-state index in [1.807, 2.05) is 22.7 Å². The Bertz CT molecular complexity index is 2500. The van der Waals surface area contributed by atoms with E-state index < -0.39 is 0 Å². The van der Waals surface area contributed by atoms with Crippen LogP contribution in [0, 0.1) is 0 Å². The van der Waals surface area contributed by atoms with Crippen molar-refractivity contribution in [3.63, 3.8) is 0 Å². The Labute approximate surface area is 237 Å². The molecule has 1 aliphatic carbocycles. The van der Waals surface area contributed by atoms with Gasteiger partial charge in [0.15, 0.2) is 0 Å². The van der Waals surface area contributed by atoms with Crippen molar-refractivity contribution in [2.45, 2.75) is 6.04 Å². The zero-order valence-corrected chi connectivity index (χ0v) is 23.0. The minimum absolute atomic E-state index is 0.117. The highest BCUT2D eigenvalue weighted by atomic mass is 32.1. The summed E-state index contributed by atoms with van der Waals surface area (Å²) in [6.07, 6.45) is 9.06. The van der Waals surface area contributed by atoms with E-state index in [0.717, 1.165) is 0 Å². The molecule has 0 bridgehead atoms. The van der Waals surface area contributed by atoms with E-state index in [-0.39, 0.29) is 6.04 Å². The number of rotatable bonds is 1. The molecule has 2 nitrogen and oxygen atoms in total. The van der Waals surface area contributed by atoms with Crippen molar-refractivity contribution in [3.05, 3.63) is 121 Å². The summed E-state index contributed by atoms with van der Waals surface area (Å²) in [5.74, 6) is 0. The molecule has 0 radical (unpaired) electrons. The van der Waals surface area contributed by atoms with Crippen molar-refractivity contribution in [3.8, 4) is 0 Å². The largest absolute Gasteiger partial charge is 0.318 e. The molecule has 4 heteroatoms. The van der Waals surface area contributed by atoms with Crippen LogP contribution in [0.3, 0.4) is 0 Å². The van der Waals surface area contributed by atoms with E-state index in [2.05, 4.69) is 131 Å². The first kappa shape index (κ1) is 21.3. The third kappa shape index (κ3) is 2.56. The van der Waals surface area contributed by atoms with E-state index >= 15 is 0 Å². The van der Waals surface area contributed by atoms with Crippen LogP contribution in [0.2, 0.25) is 0 Å². The molecule has 4 heterocycles. The molecule has 1 unspecified atom stereocenters. The van der Waals surface area contributed by atoms with Gasteiger partial charge in [0.2, 0.25) is 17.1 Å². The third-order valence-electron chi connectivity index (χ3n) is 8.68. The van der Waals surface area contributed by atoms with Gasteiger partial charge in [-0.25, -0.2) is 0 Å². The van der Waals surface area contributed by atoms with Gasteiger partial charge in [0, 0.05) is 64.6 Å². The average Bonchev–Trinajstić information content (AvgIpc) is 3.68. The molecule has 0 saturated carbocycles. The molecule has 1 aliphatic heterocycles. The lowest BCUT2D eigenvalue weighted by atomic mass is 10.0. The van der Waals surface area contributed by atoms with Crippen molar-refractivity contribution in [1.82, 2.24) is 9.14 Å². The van der Waals surface area contributed by atoms with Gasteiger partial charge in [-0.15, -0.1) is 22.7 Å². The summed E-state index contributed by atoms with van der Waals surface area (Å²) in [4.78, 5) is 0. The summed E-state index contributed by atoms with van der Waals surface area (Å²) in [5.41, 5.74) is 6.42. The highest BCUT2D eigenvalue weighted by Gasteiger charge is 2.38. The van der Waals surface area contributed by atoms with Crippen molar-refractivity contribution < 1.29 is 0 Å². The molecule has 0 N–H and O–H groups in total. The second kappa shape index (κ2) is 7.57. The molecule has 8 aromatic rings. The monoisotopic (exact) mass is 545 g/mol. The van der Waals surface area contributed by atoms with Gasteiger partial charge in [0.1, 0.15) is 16.3 Å². The first-order chi connectivity index (χ1) is 19.9. The van der Waals surface area contributed by atoms with Gasteiger partial charge in [0.05, 0.1) is 5.52 Å². The summed E-state index contributed by atoms with van der Waals surface area (Å²) in [6, 6.07) is 36.1. The van der Waals surface area contributed by atoms with Gasteiger partial charge in [0.25, 0.3) is 0 Å². The van der Waals surface area contributed by atoms with Crippen molar-refractivity contribution in [2.24, 2.45) is 0 Å². The number of thiophene rings is 2. The standard InChI is InChI=1S/C36H21N2S2/c1-5-17-30-21(9-1)22-11-7-16-29(36(22)40-30)37-25-13-3-4-14-26(25)38-27-19-20-32-34(23-10-2-6-18-31(23)39-32)33(27)24-12-8-15-28(37)35(24)38/h1-20,26H/q+1. The quantitative estimate of drug-likeness (QED) is 0.181. The fourth-order valence-electron chi connectivity index (χ4n) is 7.12. The van der Waals surface area contributed by atoms with Crippen LogP contribution in [0.1, 0.15) is 6.04 Å². The van der Waals surface area contributed by atoms with Crippen molar-refractivity contribution >= 4 is 102 Å². The molecular weight excluding hydrogens is 525 g/mol. The van der Waals surface area contributed by atoms with Gasteiger partial charge in [-0.2, -0.15) is 4.58 Å². The smallest absolute Gasteiger partial charge is 0.236 e. The van der Waals surface area contributed by atoms with Crippen LogP contribution >= 0.6 is 22.7 Å². The average molecular weight is 546 g/mol. The molecule has 0 fully saturated rings. The molecule has 10 rings (SSSR count). The molecule has 5 aromatic carbocycles. The second-order valence-corrected chi connectivity index (χ2v) is 12.8. The van der Waals surface area contributed by atoms with Crippen LogP contribution in [0.15, 0.2) is 121 Å². The Morgan fingerprint density at radius 1 is 0.575 bits per heavy atom. The Morgan fingerprint density at radius 3 is 2.23 bits per heavy atom. The Morgan fingerprint density at radius 2 is 1.32 bits per heavy atom. The van der Waals surface area contributed by atoms with Gasteiger partial charge in [-0.05, 0) is 24.3 Å². The summed E-state index contributed by atoms with van der Waals surface area (Å²) in [7, 11) is 0. The molecule has 0 spiro atoms. The normalized spacial score (nSPS) is 16.4. The summed E-state index contributed by atoms with van der Waals surface area (Å²) >= 11 is 3.80. The van der Waals surface area contributed by atoms with E-state index in [0.29, 0.717) is 0 Å². The summed E-state index contributed by atoms with van der Waals surface area (Å²) < 4.78 is 10.5. The fourth-order valence-corrected chi connectivity index (χ4v) is 9.44. The lowest BCUT2D eigenvalue weighted by molar-refractivity contribution is 0.782. The Kier molecular flexibility index (Phi) is 4.04. The minimum Gasteiger partial charge on any atom is -0.318 e.